The molecule has 0 bridgehead atoms. The van der Waals surface area contributed by atoms with Crippen molar-refractivity contribution < 1.29 is 0 Å². The van der Waals surface area contributed by atoms with Gasteiger partial charge < -0.3 is 4.98 Å². The van der Waals surface area contributed by atoms with E-state index in [1.165, 1.54) is 10.6 Å². The predicted octanol–water partition coefficient (Wildman–Crippen LogP) is 1.96. The highest BCUT2D eigenvalue weighted by atomic mass is 16.2. The number of aromatic amines is 1. The number of rotatable bonds is 1. The number of benzene rings is 1. The van der Waals surface area contributed by atoms with E-state index in [1.54, 1.807) is 0 Å². The summed E-state index contributed by atoms with van der Waals surface area (Å²) in [4.78, 5) is 26.8. The third-order valence-corrected chi connectivity index (χ3v) is 2.69. The van der Waals surface area contributed by atoms with Crippen molar-refractivity contribution in [2.24, 2.45) is 0 Å². The minimum atomic E-state index is -0.528. The molecule has 4 nitrogen and oxygen atoms in total. The van der Waals surface area contributed by atoms with Gasteiger partial charge in [-0.3, -0.25) is 9.36 Å². The minimum absolute atomic E-state index is 0.287. The first-order chi connectivity index (χ1) is 8.39. The molecule has 0 saturated heterocycles. The highest BCUT2D eigenvalue weighted by Crippen LogP contribution is 2.14. The van der Waals surface area contributed by atoms with Crippen LogP contribution < -0.4 is 11.2 Å². The summed E-state index contributed by atoms with van der Waals surface area (Å²) in [7, 11) is 0. The molecule has 1 aromatic heterocycles. The van der Waals surface area contributed by atoms with Crippen molar-refractivity contribution in [3.8, 4) is 11.3 Å². The monoisotopic (exact) mass is 244 g/mol. The summed E-state index contributed by atoms with van der Waals surface area (Å²) in [5.41, 5.74) is 0.178. The fourth-order valence-electron chi connectivity index (χ4n) is 1.90. The van der Waals surface area contributed by atoms with Gasteiger partial charge in [0, 0.05) is 11.6 Å². The van der Waals surface area contributed by atoms with Crippen molar-refractivity contribution in [1.82, 2.24) is 9.55 Å². The Morgan fingerprint density at radius 1 is 1.06 bits per heavy atom. The summed E-state index contributed by atoms with van der Waals surface area (Å²) in [6, 6.07) is 10.8. The molecule has 1 N–H and O–H groups in total. The molecule has 18 heavy (non-hydrogen) atoms. The van der Waals surface area contributed by atoms with E-state index in [-0.39, 0.29) is 11.2 Å². The number of nitrogens with one attached hydrogen (secondary N) is 1. The van der Waals surface area contributed by atoms with E-state index in [2.05, 4.69) is 4.98 Å². The van der Waals surface area contributed by atoms with Gasteiger partial charge in [0.05, 0.1) is 5.69 Å². The van der Waals surface area contributed by atoms with E-state index < -0.39 is 5.54 Å². The molecular formula is C14H16N2O2. The SMILES string of the molecule is CC(C)(C)n1c(=O)cc(-c2ccccc2)[nH]c1=O. The van der Waals surface area contributed by atoms with Crippen LogP contribution in [-0.2, 0) is 5.54 Å². The fourth-order valence-corrected chi connectivity index (χ4v) is 1.90. The van der Waals surface area contributed by atoms with Gasteiger partial charge in [0.15, 0.2) is 0 Å². The van der Waals surface area contributed by atoms with Gasteiger partial charge in [0.2, 0.25) is 0 Å². The molecule has 0 unspecified atom stereocenters. The maximum atomic E-state index is 12.0. The Morgan fingerprint density at radius 3 is 2.17 bits per heavy atom. The van der Waals surface area contributed by atoms with E-state index >= 15 is 0 Å². The van der Waals surface area contributed by atoms with E-state index in [1.807, 2.05) is 51.1 Å². The molecule has 0 aliphatic carbocycles. The Balaban J connectivity index is 2.65. The Labute approximate surface area is 105 Å². The third kappa shape index (κ3) is 2.27. The first-order valence-corrected chi connectivity index (χ1v) is 5.82. The van der Waals surface area contributed by atoms with Gasteiger partial charge in [-0.15, -0.1) is 0 Å². The maximum Gasteiger partial charge on any atom is 0.329 e. The van der Waals surface area contributed by atoms with Crippen molar-refractivity contribution in [3.05, 3.63) is 57.2 Å². The van der Waals surface area contributed by atoms with Gasteiger partial charge in [-0.25, -0.2) is 4.79 Å². The van der Waals surface area contributed by atoms with Crippen LogP contribution in [0.5, 0.6) is 0 Å². The first kappa shape index (κ1) is 12.4. The number of nitrogens with zero attached hydrogens (tertiary/aromatic N) is 1. The minimum Gasteiger partial charge on any atom is -0.307 e. The first-order valence-electron chi connectivity index (χ1n) is 5.82. The van der Waals surface area contributed by atoms with Crippen LogP contribution in [0.25, 0.3) is 11.3 Å². The lowest BCUT2D eigenvalue weighted by Crippen LogP contribution is -2.44. The van der Waals surface area contributed by atoms with E-state index in [4.69, 9.17) is 0 Å². The highest BCUT2D eigenvalue weighted by Gasteiger charge is 2.18. The van der Waals surface area contributed by atoms with Crippen molar-refractivity contribution in [3.63, 3.8) is 0 Å². The van der Waals surface area contributed by atoms with Gasteiger partial charge in [-0.1, -0.05) is 30.3 Å². The largest absolute Gasteiger partial charge is 0.329 e. The summed E-state index contributed by atoms with van der Waals surface area (Å²) >= 11 is 0. The normalized spacial score (nSPS) is 11.5. The lowest BCUT2D eigenvalue weighted by molar-refractivity contribution is 0.367. The summed E-state index contributed by atoms with van der Waals surface area (Å²) in [5, 5.41) is 0. The standard InChI is InChI=1S/C14H16N2O2/c1-14(2,3)16-12(17)9-11(15-13(16)18)10-7-5-4-6-8-10/h4-9H,1-3H3,(H,15,18). The summed E-state index contributed by atoms with van der Waals surface area (Å²) in [6.45, 7) is 5.48. The van der Waals surface area contributed by atoms with Crippen molar-refractivity contribution in [2.75, 3.05) is 0 Å². The molecule has 0 fully saturated rings. The second-order valence-corrected chi connectivity index (χ2v) is 5.20. The van der Waals surface area contributed by atoms with Crippen molar-refractivity contribution in [1.29, 1.82) is 0 Å². The van der Waals surface area contributed by atoms with Gasteiger partial charge in [0.1, 0.15) is 0 Å². The molecule has 0 amide bonds. The Hall–Kier alpha value is -2.10. The molecule has 0 atom stereocenters. The van der Waals surface area contributed by atoms with Gasteiger partial charge in [-0.2, -0.15) is 0 Å². The Morgan fingerprint density at radius 2 is 1.67 bits per heavy atom. The molecule has 1 heterocycles. The topological polar surface area (TPSA) is 54.9 Å². The van der Waals surface area contributed by atoms with E-state index in [0.717, 1.165) is 5.56 Å². The maximum absolute atomic E-state index is 12.0. The predicted molar refractivity (Wildman–Crippen MR) is 71.8 cm³/mol. The number of hydrogen-bond donors (Lipinski definition) is 1. The van der Waals surface area contributed by atoms with Crippen LogP contribution in [0, 0.1) is 0 Å². The summed E-state index contributed by atoms with van der Waals surface area (Å²) in [5.74, 6) is 0. The second-order valence-electron chi connectivity index (χ2n) is 5.20. The van der Waals surface area contributed by atoms with E-state index in [9.17, 15) is 9.59 Å². The van der Waals surface area contributed by atoms with Crippen LogP contribution >= 0.6 is 0 Å². The molecular weight excluding hydrogens is 228 g/mol. The average Bonchev–Trinajstić information content (AvgIpc) is 2.27. The fraction of sp³-hybridized carbons (Fsp3) is 0.286. The van der Waals surface area contributed by atoms with Crippen LogP contribution in [0.1, 0.15) is 20.8 Å². The van der Waals surface area contributed by atoms with Gasteiger partial charge in [-0.05, 0) is 26.3 Å². The molecule has 0 saturated carbocycles. The number of aromatic nitrogens is 2. The highest BCUT2D eigenvalue weighted by molar-refractivity contribution is 5.57. The molecule has 0 aliphatic rings. The molecule has 2 rings (SSSR count). The van der Waals surface area contributed by atoms with Gasteiger partial charge >= 0.3 is 5.69 Å². The molecule has 94 valence electrons. The molecule has 1 aromatic carbocycles. The zero-order chi connectivity index (χ0) is 13.3. The van der Waals surface area contributed by atoms with E-state index in [0.29, 0.717) is 5.69 Å². The molecule has 0 aliphatic heterocycles. The number of hydrogen-bond acceptors (Lipinski definition) is 2. The van der Waals surface area contributed by atoms with Crippen LogP contribution in [0.2, 0.25) is 0 Å². The molecule has 0 radical (unpaired) electrons. The Kier molecular flexibility index (Phi) is 2.95. The molecule has 4 heteroatoms. The molecule has 0 spiro atoms. The lowest BCUT2D eigenvalue weighted by atomic mass is 10.1. The zero-order valence-electron chi connectivity index (χ0n) is 10.7. The second kappa shape index (κ2) is 4.29. The zero-order valence-corrected chi connectivity index (χ0v) is 10.7. The van der Waals surface area contributed by atoms with Crippen LogP contribution in [0.3, 0.4) is 0 Å². The van der Waals surface area contributed by atoms with Crippen LogP contribution in [-0.4, -0.2) is 9.55 Å². The quantitative estimate of drug-likeness (QED) is 0.833. The van der Waals surface area contributed by atoms with Crippen molar-refractivity contribution >= 4 is 0 Å². The van der Waals surface area contributed by atoms with Crippen LogP contribution in [0.4, 0.5) is 0 Å². The third-order valence-electron chi connectivity index (χ3n) is 2.69. The average molecular weight is 244 g/mol. The smallest absolute Gasteiger partial charge is 0.307 e. The molecule has 2 aromatic rings. The lowest BCUT2D eigenvalue weighted by Gasteiger charge is -2.20. The van der Waals surface area contributed by atoms with Crippen LogP contribution in [0.15, 0.2) is 46.0 Å². The van der Waals surface area contributed by atoms with Crippen molar-refractivity contribution in [2.45, 2.75) is 26.3 Å². The summed E-state index contributed by atoms with van der Waals surface area (Å²) < 4.78 is 1.22. The van der Waals surface area contributed by atoms with Gasteiger partial charge in [0.25, 0.3) is 5.56 Å². The Bertz CT molecular complexity index is 629. The summed E-state index contributed by atoms with van der Waals surface area (Å²) in [6.07, 6.45) is 0. The number of H-pyrrole nitrogens is 1.